The number of carbonyl (C=O) groups is 1. The van der Waals surface area contributed by atoms with Crippen LogP contribution < -0.4 is 10.2 Å². The highest BCUT2D eigenvalue weighted by molar-refractivity contribution is 5.93. The molecule has 11 heteroatoms. The molecule has 0 aliphatic carbocycles. The molecule has 1 amide bonds. The molecule has 1 aliphatic heterocycles. The first kappa shape index (κ1) is 24.3. The third-order valence-electron chi connectivity index (χ3n) is 5.92. The zero-order valence-corrected chi connectivity index (χ0v) is 21.1. The van der Waals surface area contributed by atoms with Crippen LogP contribution in [-0.2, 0) is 4.74 Å². The summed E-state index contributed by atoms with van der Waals surface area (Å²) in [5.74, 6) is 2.09. The van der Waals surface area contributed by atoms with E-state index >= 15 is 0 Å². The van der Waals surface area contributed by atoms with Crippen LogP contribution in [-0.4, -0.2) is 72.6 Å². The smallest absolute Gasteiger partial charge is 0.410 e. The summed E-state index contributed by atoms with van der Waals surface area (Å²) in [5, 5.41) is 19.0. The Balaban J connectivity index is 1.41. The third-order valence-corrected chi connectivity index (χ3v) is 5.92. The Labute approximate surface area is 214 Å². The fourth-order valence-electron chi connectivity index (χ4n) is 4.25. The number of phenolic OH excluding ortho intramolecular Hbond substituents is 1. The van der Waals surface area contributed by atoms with E-state index in [9.17, 15) is 9.90 Å². The highest BCUT2D eigenvalue weighted by Gasteiger charge is 2.25. The monoisotopic (exact) mass is 502 g/mol. The molecule has 192 valence electrons. The van der Waals surface area contributed by atoms with E-state index in [4.69, 9.17) is 9.84 Å². The lowest BCUT2D eigenvalue weighted by molar-refractivity contribution is 0.0263. The first-order valence-corrected chi connectivity index (χ1v) is 12.2. The molecule has 1 aliphatic rings. The quantitative estimate of drug-likeness (QED) is 0.425. The van der Waals surface area contributed by atoms with E-state index < -0.39 is 5.60 Å². The van der Waals surface area contributed by atoms with Crippen molar-refractivity contribution >= 4 is 34.4 Å². The number of fused-ring (bicyclic) bond motifs is 1. The van der Waals surface area contributed by atoms with Crippen LogP contribution in [0.5, 0.6) is 5.75 Å². The summed E-state index contributed by atoms with van der Waals surface area (Å²) in [6.07, 6.45) is 7.09. The minimum absolute atomic E-state index is 0.142. The van der Waals surface area contributed by atoms with Crippen molar-refractivity contribution in [1.29, 1.82) is 0 Å². The first-order chi connectivity index (χ1) is 17.8. The van der Waals surface area contributed by atoms with Crippen molar-refractivity contribution in [1.82, 2.24) is 29.6 Å². The topological polar surface area (TPSA) is 122 Å². The fraction of sp³-hybridized carbons (Fsp3) is 0.346. The molecule has 1 saturated heterocycles. The molecule has 4 heterocycles. The summed E-state index contributed by atoms with van der Waals surface area (Å²) in [6.45, 7) is 8.19. The first-order valence-electron chi connectivity index (χ1n) is 12.2. The molecular weight excluding hydrogens is 472 g/mol. The van der Waals surface area contributed by atoms with Gasteiger partial charge in [0.15, 0.2) is 5.82 Å². The maximum absolute atomic E-state index is 12.6. The average molecular weight is 503 g/mol. The van der Waals surface area contributed by atoms with Crippen LogP contribution in [0.3, 0.4) is 0 Å². The van der Waals surface area contributed by atoms with Crippen molar-refractivity contribution in [3.8, 4) is 11.4 Å². The number of ether oxygens (including phenoxy) is 1. The van der Waals surface area contributed by atoms with Gasteiger partial charge in [-0.15, -0.1) is 5.10 Å². The molecule has 0 atom stereocenters. The lowest BCUT2D eigenvalue weighted by atomic mass is 10.2. The average Bonchev–Trinajstić information content (AvgIpc) is 3.03. The largest absolute Gasteiger partial charge is 0.508 e. The van der Waals surface area contributed by atoms with Crippen LogP contribution in [0, 0.1) is 0 Å². The Morgan fingerprint density at radius 1 is 1.03 bits per heavy atom. The Kier molecular flexibility index (Phi) is 6.51. The van der Waals surface area contributed by atoms with Crippen LogP contribution in [0.25, 0.3) is 16.6 Å². The normalized spacial score (nSPS) is 14.5. The van der Waals surface area contributed by atoms with Gasteiger partial charge in [-0.05, 0) is 45.4 Å². The maximum atomic E-state index is 12.6. The summed E-state index contributed by atoms with van der Waals surface area (Å²) < 4.78 is 7.32. The van der Waals surface area contributed by atoms with Crippen molar-refractivity contribution in [3.63, 3.8) is 0 Å². The summed E-state index contributed by atoms with van der Waals surface area (Å²) in [7, 11) is 0. The number of nitrogens with zero attached hydrogens (tertiary/aromatic N) is 7. The lowest BCUT2D eigenvalue weighted by Gasteiger charge is -2.26. The van der Waals surface area contributed by atoms with Crippen molar-refractivity contribution in [2.45, 2.75) is 32.8 Å². The van der Waals surface area contributed by atoms with Crippen LogP contribution in [0.15, 0.2) is 55.1 Å². The summed E-state index contributed by atoms with van der Waals surface area (Å²) in [4.78, 5) is 29.4. The molecule has 2 N–H and O–H groups in total. The van der Waals surface area contributed by atoms with Crippen molar-refractivity contribution in [2.24, 2.45) is 0 Å². The Morgan fingerprint density at radius 3 is 2.68 bits per heavy atom. The number of carbonyl (C=O) groups excluding carboxylic acids is 1. The second-order valence-corrected chi connectivity index (χ2v) is 9.86. The van der Waals surface area contributed by atoms with Gasteiger partial charge < -0.3 is 25.0 Å². The third kappa shape index (κ3) is 5.55. The number of aromatic hydroxyl groups is 1. The van der Waals surface area contributed by atoms with E-state index in [2.05, 4.69) is 25.2 Å². The highest BCUT2D eigenvalue weighted by Crippen LogP contribution is 2.31. The number of rotatable bonds is 4. The predicted molar refractivity (Wildman–Crippen MR) is 140 cm³/mol. The van der Waals surface area contributed by atoms with Gasteiger partial charge in [0.25, 0.3) is 0 Å². The highest BCUT2D eigenvalue weighted by atomic mass is 16.6. The summed E-state index contributed by atoms with van der Waals surface area (Å²) in [6, 6.07) is 8.95. The fourth-order valence-corrected chi connectivity index (χ4v) is 4.25. The van der Waals surface area contributed by atoms with Gasteiger partial charge in [0.1, 0.15) is 23.0 Å². The molecule has 11 nitrogen and oxygen atoms in total. The number of nitrogens with one attached hydrogen (secondary N) is 1. The van der Waals surface area contributed by atoms with Crippen LogP contribution in [0.2, 0.25) is 0 Å². The predicted octanol–water partition coefficient (Wildman–Crippen LogP) is 4.11. The molecule has 0 bridgehead atoms. The maximum Gasteiger partial charge on any atom is 0.410 e. The van der Waals surface area contributed by atoms with Gasteiger partial charge in [0, 0.05) is 62.3 Å². The SMILES string of the molecule is CC(C)(C)OC(=O)N1CCCN(c2cc(-n3nc(Nc4cnccn4)c4ccc(O)cc43)ccn2)CC1. The van der Waals surface area contributed by atoms with Gasteiger partial charge >= 0.3 is 6.09 Å². The summed E-state index contributed by atoms with van der Waals surface area (Å²) in [5.41, 5.74) is 0.998. The molecule has 0 saturated carbocycles. The second kappa shape index (κ2) is 9.92. The number of aromatic nitrogens is 5. The minimum atomic E-state index is -0.527. The number of phenols is 1. The van der Waals surface area contributed by atoms with E-state index in [0.717, 1.165) is 35.4 Å². The van der Waals surface area contributed by atoms with Crippen LogP contribution >= 0.6 is 0 Å². The molecule has 5 rings (SSSR count). The van der Waals surface area contributed by atoms with Crippen LogP contribution in [0.4, 0.5) is 22.2 Å². The van der Waals surface area contributed by atoms with Crippen LogP contribution in [0.1, 0.15) is 27.2 Å². The summed E-state index contributed by atoms with van der Waals surface area (Å²) >= 11 is 0. The standard InChI is InChI=1S/C26H30N8O3/c1-26(2,3)37-25(36)33-12-4-11-32(13-14-33)23-15-18(7-8-29-23)34-21-16-19(35)5-6-20(21)24(31-34)30-22-17-27-9-10-28-22/h5-10,15-17,35H,4,11-14H2,1-3H3,(H,28,30,31). The van der Waals surface area contributed by atoms with E-state index in [1.807, 2.05) is 39.0 Å². The minimum Gasteiger partial charge on any atom is -0.508 e. The number of hydrogen-bond acceptors (Lipinski definition) is 9. The number of hydrogen-bond donors (Lipinski definition) is 2. The van der Waals surface area contributed by atoms with Gasteiger partial charge in [-0.1, -0.05) is 0 Å². The van der Waals surface area contributed by atoms with Gasteiger partial charge in [0.2, 0.25) is 0 Å². The number of pyridine rings is 1. The number of benzene rings is 1. The number of anilines is 3. The number of amides is 1. The molecule has 0 radical (unpaired) electrons. The van der Waals surface area contributed by atoms with Crippen molar-refractivity contribution in [3.05, 3.63) is 55.1 Å². The molecule has 1 aromatic carbocycles. The Hall–Kier alpha value is -4.41. The second-order valence-electron chi connectivity index (χ2n) is 9.86. The van der Waals surface area contributed by atoms with E-state index in [1.54, 1.807) is 46.5 Å². The van der Waals surface area contributed by atoms with E-state index in [-0.39, 0.29) is 11.8 Å². The Bertz CT molecular complexity index is 1400. The van der Waals surface area contributed by atoms with E-state index in [0.29, 0.717) is 31.3 Å². The zero-order chi connectivity index (χ0) is 26.0. The molecule has 1 fully saturated rings. The van der Waals surface area contributed by atoms with Gasteiger partial charge in [0.05, 0.1) is 17.4 Å². The van der Waals surface area contributed by atoms with Gasteiger partial charge in [-0.3, -0.25) is 4.98 Å². The molecule has 37 heavy (non-hydrogen) atoms. The van der Waals surface area contributed by atoms with Gasteiger partial charge in [-0.2, -0.15) is 0 Å². The lowest BCUT2D eigenvalue weighted by Crippen LogP contribution is -2.39. The molecule has 0 spiro atoms. The Morgan fingerprint density at radius 2 is 1.89 bits per heavy atom. The molecular formula is C26H30N8O3. The van der Waals surface area contributed by atoms with E-state index in [1.165, 1.54) is 0 Å². The molecule has 0 unspecified atom stereocenters. The molecule has 3 aromatic heterocycles. The van der Waals surface area contributed by atoms with Crippen molar-refractivity contribution < 1.29 is 14.6 Å². The van der Waals surface area contributed by atoms with Crippen molar-refractivity contribution in [2.75, 3.05) is 36.4 Å². The molecule has 4 aromatic rings. The zero-order valence-electron chi connectivity index (χ0n) is 21.1. The van der Waals surface area contributed by atoms with Gasteiger partial charge in [-0.25, -0.2) is 19.4 Å².